The Morgan fingerprint density at radius 3 is 2.85 bits per heavy atom. The molecule has 2 heterocycles. The quantitative estimate of drug-likeness (QED) is 0.503. The fraction of sp³-hybridized carbons (Fsp3) is 0.190. The van der Waals surface area contributed by atoms with E-state index in [0.717, 1.165) is 29.6 Å². The van der Waals surface area contributed by atoms with Gasteiger partial charge in [-0.2, -0.15) is 10.4 Å². The Morgan fingerprint density at radius 1 is 1.15 bits per heavy atom. The van der Waals surface area contributed by atoms with Crippen LogP contribution in [0.4, 0.5) is 5.69 Å². The second kappa shape index (κ2) is 7.26. The molecule has 6 heteroatoms. The molecular formula is C21H18ClN5. The van der Waals surface area contributed by atoms with Gasteiger partial charge in [-0.1, -0.05) is 35.9 Å². The predicted molar refractivity (Wildman–Crippen MR) is 109 cm³/mol. The third-order valence-electron chi connectivity index (χ3n) is 4.72. The van der Waals surface area contributed by atoms with Gasteiger partial charge in [0.2, 0.25) is 0 Å². The number of hydrogen-bond acceptors (Lipinski definition) is 4. The molecule has 2 aromatic carbocycles. The highest BCUT2D eigenvalue weighted by molar-refractivity contribution is 6.35. The lowest BCUT2D eigenvalue weighted by Gasteiger charge is -2.12. The lowest BCUT2D eigenvalue weighted by atomic mass is 10.1. The molecule has 0 radical (unpaired) electrons. The van der Waals surface area contributed by atoms with Crippen molar-refractivity contribution in [2.45, 2.75) is 19.9 Å². The normalized spacial score (nSPS) is 11.0. The molecule has 4 rings (SSSR count). The number of nitrogens with zero attached hydrogens (tertiary/aromatic N) is 4. The Labute approximate surface area is 162 Å². The molecule has 0 aliphatic carbocycles. The van der Waals surface area contributed by atoms with Crippen LogP contribution in [0.5, 0.6) is 0 Å². The van der Waals surface area contributed by atoms with Crippen molar-refractivity contribution in [3.05, 3.63) is 64.9 Å². The first-order chi connectivity index (χ1) is 13.2. The van der Waals surface area contributed by atoms with Gasteiger partial charge in [-0.3, -0.25) is 9.67 Å². The van der Waals surface area contributed by atoms with Crippen LogP contribution in [-0.4, -0.2) is 21.3 Å². The van der Waals surface area contributed by atoms with Gasteiger partial charge in [0.05, 0.1) is 33.5 Å². The van der Waals surface area contributed by atoms with Crippen LogP contribution < -0.4 is 5.32 Å². The van der Waals surface area contributed by atoms with E-state index in [0.29, 0.717) is 22.6 Å². The molecule has 0 atom stereocenters. The van der Waals surface area contributed by atoms with Crippen molar-refractivity contribution in [2.75, 3.05) is 11.9 Å². The third-order valence-corrected chi connectivity index (χ3v) is 5.03. The highest BCUT2D eigenvalue weighted by Gasteiger charge is 2.10. The number of aryl methyl sites for hydroxylation is 2. The topological polar surface area (TPSA) is 66.5 Å². The third kappa shape index (κ3) is 3.20. The zero-order chi connectivity index (χ0) is 18.8. The number of aromatic nitrogens is 3. The Kier molecular flexibility index (Phi) is 4.66. The Hall–Kier alpha value is -3.10. The summed E-state index contributed by atoms with van der Waals surface area (Å²) in [6.45, 7) is 3.61. The monoisotopic (exact) mass is 375 g/mol. The van der Waals surface area contributed by atoms with Gasteiger partial charge in [0, 0.05) is 30.1 Å². The molecule has 0 saturated heterocycles. The van der Waals surface area contributed by atoms with Gasteiger partial charge in [-0.25, -0.2) is 0 Å². The highest BCUT2D eigenvalue weighted by Crippen LogP contribution is 2.29. The van der Waals surface area contributed by atoms with Crippen LogP contribution in [-0.2, 0) is 6.54 Å². The molecule has 0 bridgehead atoms. The first-order valence-electron chi connectivity index (χ1n) is 8.81. The largest absolute Gasteiger partial charge is 0.383 e. The summed E-state index contributed by atoms with van der Waals surface area (Å²) < 4.78 is 2.02. The van der Waals surface area contributed by atoms with Gasteiger partial charge in [-0.05, 0) is 31.0 Å². The molecule has 0 aliphatic rings. The van der Waals surface area contributed by atoms with Crippen LogP contribution in [0.15, 0.2) is 48.8 Å². The molecule has 4 aromatic rings. The average Bonchev–Trinajstić information content (AvgIpc) is 3.10. The van der Waals surface area contributed by atoms with E-state index in [9.17, 15) is 5.26 Å². The molecule has 134 valence electrons. The summed E-state index contributed by atoms with van der Waals surface area (Å²) in [6, 6.07) is 14.1. The summed E-state index contributed by atoms with van der Waals surface area (Å²) in [5.41, 5.74) is 4.38. The number of pyridine rings is 1. The molecule has 0 aliphatic heterocycles. The second-order valence-corrected chi connectivity index (χ2v) is 6.86. The number of nitrogens with one attached hydrogen (secondary N) is 1. The van der Waals surface area contributed by atoms with E-state index in [2.05, 4.69) is 46.6 Å². The Morgan fingerprint density at radius 2 is 2.00 bits per heavy atom. The van der Waals surface area contributed by atoms with Crippen LogP contribution in [0.2, 0.25) is 5.02 Å². The minimum absolute atomic E-state index is 0.518. The van der Waals surface area contributed by atoms with Crippen LogP contribution in [0, 0.1) is 18.3 Å². The highest BCUT2D eigenvalue weighted by atomic mass is 35.5. The van der Waals surface area contributed by atoms with Gasteiger partial charge in [0.15, 0.2) is 0 Å². The van der Waals surface area contributed by atoms with Crippen LogP contribution in [0.3, 0.4) is 0 Å². The standard InChI is InChI=1S/C21H18ClN5/c1-14-5-2-8-19-17(14)13-26-27(19)10-4-9-24-20-15(11-23)12-25-21-16(20)6-3-7-18(21)22/h2-3,5-8,12-13H,4,9-10H2,1H3,(H,24,25). The molecule has 0 spiro atoms. The van der Waals surface area contributed by atoms with E-state index in [-0.39, 0.29) is 0 Å². The second-order valence-electron chi connectivity index (χ2n) is 6.45. The summed E-state index contributed by atoms with van der Waals surface area (Å²) in [4.78, 5) is 4.31. The molecule has 0 fully saturated rings. The van der Waals surface area contributed by atoms with Crippen LogP contribution >= 0.6 is 11.6 Å². The summed E-state index contributed by atoms with van der Waals surface area (Å²) in [5, 5.41) is 20.0. The maximum atomic E-state index is 9.42. The van der Waals surface area contributed by atoms with Gasteiger partial charge >= 0.3 is 0 Å². The fourth-order valence-electron chi connectivity index (χ4n) is 3.33. The number of halogens is 1. The van der Waals surface area contributed by atoms with E-state index < -0.39 is 0 Å². The van der Waals surface area contributed by atoms with Crippen molar-refractivity contribution in [2.24, 2.45) is 0 Å². The minimum Gasteiger partial charge on any atom is -0.383 e. The molecule has 0 unspecified atom stereocenters. The Balaban J connectivity index is 1.51. The van der Waals surface area contributed by atoms with Crippen molar-refractivity contribution in [1.29, 1.82) is 5.26 Å². The summed E-state index contributed by atoms with van der Waals surface area (Å²) in [5.74, 6) is 0. The molecule has 1 N–H and O–H groups in total. The summed E-state index contributed by atoms with van der Waals surface area (Å²) >= 11 is 6.24. The molecular weight excluding hydrogens is 358 g/mol. The first kappa shape index (κ1) is 17.3. The van der Waals surface area contributed by atoms with Crippen molar-refractivity contribution in [1.82, 2.24) is 14.8 Å². The van der Waals surface area contributed by atoms with Crippen LogP contribution in [0.25, 0.3) is 21.8 Å². The summed E-state index contributed by atoms with van der Waals surface area (Å²) in [7, 11) is 0. The Bertz CT molecular complexity index is 1170. The minimum atomic E-state index is 0.518. The van der Waals surface area contributed by atoms with E-state index in [1.807, 2.05) is 23.0 Å². The molecule has 0 amide bonds. The maximum Gasteiger partial charge on any atom is 0.103 e. The molecule has 27 heavy (non-hydrogen) atoms. The van der Waals surface area contributed by atoms with Crippen molar-refractivity contribution in [3.63, 3.8) is 0 Å². The number of anilines is 1. The fourth-order valence-corrected chi connectivity index (χ4v) is 3.55. The van der Waals surface area contributed by atoms with Crippen molar-refractivity contribution < 1.29 is 0 Å². The molecule has 2 aromatic heterocycles. The van der Waals surface area contributed by atoms with Crippen molar-refractivity contribution >= 4 is 39.1 Å². The number of hydrogen-bond donors (Lipinski definition) is 1. The first-order valence-corrected chi connectivity index (χ1v) is 9.19. The molecule has 5 nitrogen and oxygen atoms in total. The number of fused-ring (bicyclic) bond motifs is 2. The predicted octanol–water partition coefficient (Wildman–Crippen LogP) is 4.92. The van der Waals surface area contributed by atoms with Gasteiger partial charge < -0.3 is 5.32 Å². The van der Waals surface area contributed by atoms with Crippen LogP contribution in [0.1, 0.15) is 17.5 Å². The SMILES string of the molecule is Cc1cccc2c1cnn2CCCNc1c(C#N)cnc2c(Cl)cccc12. The maximum absolute atomic E-state index is 9.42. The van der Waals surface area contributed by atoms with E-state index in [4.69, 9.17) is 11.6 Å². The van der Waals surface area contributed by atoms with E-state index in [1.165, 1.54) is 10.9 Å². The number of rotatable bonds is 5. The smallest absolute Gasteiger partial charge is 0.103 e. The zero-order valence-electron chi connectivity index (χ0n) is 14.9. The molecule has 0 saturated carbocycles. The lowest BCUT2D eigenvalue weighted by molar-refractivity contribution is 0.610. The number of para-hydroxylation sites is 1. The summed E-state index contributed by atoms with van der Waals surface area (Å²) in [6.07, 6.45) is 4.37. The lowest BCUT2D eigenvalue weighted by Crippen LogP contribution is -2.09. The van der Waals surface area contributed by atoms with E-state index in [1.54, 1.807) is 12.3 Å². The average molecular weight is 376 g/mol. The zero-order valence-corrected chi connectivity index (χ0v) is 15.7. The van der Waals surface area contributed by atoms with Crippen molar-refractivity contribution in [3.8, 4) is 6.07 Å². The number of benzene rings is 2. The van der Waals surface area contributed by atoms with Gasteiger partial charge in [-0.15, -0.1) is 0 Å². The van der Waals surface area contributed by atoms with E-state index >= 15 is 0 Å². The number of nitriles is 1. The van der Waals surface area contributed by atoms with Gasteiger partial charge in [0.1, 0.15) is 6.07 Å². The van der Waals surface area contributed by atoms with Gasteiger partial charge in [0.25, 0.3) is 0 Å².